The summed E-state index contributed by atoms with van der Waals surface area (Å²) in [5.74, 6) is 1.76. The molecule has 1 N–H and O–H groups in total. The maximum absolute atomic E-state index is 8.67. The predicted molar refractivity (Wildman–Crippen MR) is 84.3 cm³/mol. The molecule has 0 aliphatic heterocycles. The van der Waals surface area contributed by atoms with E-state index in [1.54, 1.807) is 6.20 Å². The number of para-hydroxylation sites is 2. The van der Waals surface area contributed by atoms with E-state index in [9.17, 15) is 0 Å². The van der Waals surface area contributed by atoms with Crippen molar-refractivity contribution >= 4 is 16.9 Å². The number of hydrogen-bond acceptors (Lipinski definition) is 5. The molecule has 6 nitrogen and oxygen atoms in total. The van der Waals surface area contributed by atoms with Gasteiger partial charge in [0.05, 0.1) is 23.4 Å². The SMILES string of the molecule is Cn1c(CCCNc2cnc(C#N)cn2)nc2ccccc21. The molecule has 0 atom stereocenters. The van der Waals surface area contributed by atoms with Gasteiger partial charge in [0.15, 0.2) is 5.69 Å². The molecule has 22 heavy (non-hydrogen) atoms. The van der Waals surface area contributed by atoms with E-state index in [-0.39, 0.29) is 0 Å². The van der Waals surface area contributed by atoms with E-state index in [0.717, 1.165) is 36.2 Å². The smallest absolute Gasteiger partial charge is 0.158 e. The van der Waals surface area contributed by atoms with Gasteiger partial charge in [-0.15, -0.1) is 0 Å². The Balaban J connectivity index is 1.56. The molecule has 0 aliphatic carbocycles. The number of imidazole rings is 1. The normalized spacial score (nSPS) is 10.5. The lowest BCUT2D eigenvalue weighted by Gasteiger charge is -2.05. The zero-order chi connectivity index (χ0) is 15.4. The maximum Gasteiger partial charge on any atom is 0.158 e. The fourth-order valence-corrected chi connectivity index (χ4v) is 2.36. The molecule has 0 radical (unpaired) electrons. The highest BCUT2D eigenvalue weighted by molar-refractivity contribution is 5.75. The number of rotatable bonds is 5. The molecule has 2 heterocycles. The molecule has 0 saturated heterocycles. The summed E-state index contributed by atoms with van der Waals surface area (Å²) in [5.41, 5.74) is 2.51. The molecular formula is C16H16N6. The van der Waals surface area contributed by atoms with Crippen molar-refractivity contribution in [3.05, 3.63) is 48.2 Å². The van der Waals surface area contributed by atoms with Crippen LogP contribution in [0.15, 0.2) is 36.7 Å². The summed E-state index contributed by atoms with van der Waals surface area (Å²) in [6.07, 6.45) is 4.88. The summed E-state index contributed by atoms with van der Waals surface area (Å²) in [6, 6.07) is 10.1. The van der Waals surface area contributed by atoms with Gasteiger partial charge in [0, 0.05) is 20.0 Å². The minimum atomic E-state index is 0.324. The quantitative estimate of drug-likeness (QED) is 0.730. The largest absolute Gasteiger partial charge is 0.369 e. The first-order valence-corrected chi connectivity index (χ1v) is 7.14. The standard InChI is InChI=1S/C16H16N6/c1-22-14-6-3-2-5-13(14)21-16(22)7-4-8-18-15-11-19-12(9-17)10-20-15/h2-3,5-6,10-11H,4,7-8H2,1H3,(H,18,20). The molecule has 1 aromatic carbocycles. The van der Waals surface area contributed by atoms with Crippen LogP contribution < -0.4 is 5.32 Å². The number of benzene rings is 1. The second kappa shape index (κ2) is 6.22. The van der Waals surface area contributed by atoms with Gasteiger partial charge in [0.2, 0.25) is 0 Å². The van der Waals surface area contributed by atoms with Crippen LogP contribution in [0.25, 0.3) is 11.0 Å². The molecule has 0 bridgehead atoms. The molecule has 2 aromatic heterocycles. The molecule has 3 rings (SSSR count). The number of hydrogen-bond donors (Lipinski definition) is 1. The third-order valence-corrected chi connectivity index (χ3v) is 3.53. The van der Waals surface area contributed by atoms with Crippen molar-refractivity contribution in [2.75, 3.05) is 11.9 Å². The number of nitrogens with one attached hydrogen (secondary N) is 1. The van der Waals surface area contributed by atoms with Gasteiger partial charge in [0.25, 0.3) is 0 Å². The first-order valence-electron chi connectivity index (χ1n) is 7.14. The third kappa shape index (κ3) is 2.88. The lowest BCUT2D eigenvalue weighted by atomic mass is 10.3. The van der Waals surface area contributed by atoms with E-state index in [0.29, 0.717) is 11.5 Å². The Morgan fingerprint density at radius 3 is 2.82 bits per heavy atom. The molecular weight excluding hydrogens is 276 g/mol. The highest BCUT2D eigenvalue weighted by Gasteiger charge is 2.06. The van der Waals surface area contributed by atoms with Gasteiger partial charge in [-0.3, -0.25) is 0 Å². The van der Waals surface area contributed by atoms with E-state index in [1.165, 1.54) is 6.20 Å². The molecule has 0 unspecified atom stereocenters. The summed E-state index contributed by atoms with van der Waals surface area (Å²) in [7, 11) is 2.05. The molecule has 0 aliphatic rings. The molecule has 0 spiro atoms. The zero-order valence-corrected chi connectivity index (χ0v) is 12.3. The minimum absolute atomic E-state index is 0.324. The first kappa shape index (κ1) is 14.0. The highest BCUT2D eigenvalue weighted by Crippen LogP contribution is 2.15. The summed E-state index contributed by atoms with van der Waals surface area (Å²) in [5, 5.41) is 11.9. The van der Waals surface area contributed by atoms with E-state index in [1.807, 2.05) is 31.3 Å². The van der Waals surface area contributed by atoms with Crippen LogP contribution in [0, 0.1) is 11.3 Å². The number of nitriles is 1. The Labute approximate surface area is 128 Å². The van der Waals surface area contributed by atoms with Crippen molar-refractivity contribution in [1.29, 1.82) is 5.26 Å². The van der Waals surface area contributed by atoms with Crippen LogP contribution in [-0.2, 0) is 13.5 Å². The lowest BCUT2D eigenvalue weighted by Crippen LogP contribution is -2.07. The Morgan fingerprint density at radius 2 is 2.09 bits per heavy atom. The fourth-order valence-electron chi connectivity index (χ4n) is 2.36. The van der Waals surface area contributed by atoms with Crippen LogP contribution >= 0.6 is 0 Å². The predicted octanol–water partition coefficient (Wildman–Crippen LogP) is 2.28. The van der Waals surface area contributed by atoms with E-state index in [2.05, 4.69) is 30.9 Å². The highest BCUT2D eigenvalue weighted by atomic mass is 15.1. The molecule has 6 heteroatoms. The van der Waals surface area contributed by atoms with Crippen LogP contribution in [0.2, 0.25) is 0 Å². The Morgan fingerprint density at radius 1 is 1.23 bits per heavy atom. The van der Waals surface area contributed by atoms with E-state index >= 15 is 0 Å². The van der Waals surface area contributed by atoms with Gasteiger partial charge in [-0.2, -0.15) is 5.26 Å². The number of anilines is 1. The van der Waals surface area contributed by atoms with Crippen molar-refractivity contribution in [2.24, 2.45) is 7.05 Å². The number of aromatic nitrogens is 4. The Bertz CT molecular complexity index is 813. The van der Waals surface area contributed by atoms with Gasteiger partial charge in [0.1, 0.15) is 17.7 Å². The molecule has 3 aromatic rings. The Hall–Kier alpha value is -2.94. The summed E-state index contributed by atoms with van der Waals surface area (Å²) < 4.78 is 2.14. The monoisotopic (exact) mass is 292 g/mol. The number of fused-ring (bicyclic) bond motifs is 1. The van der Waals surface area contributed by atoms with Crippen molar-refractivity contribution < 1.29 is 0 Å². The van der Waals surface area contributed by atoms with Gasteiger partial charge < -0.3 is 9.88 Å². The molecule has 110 valence electrons. The Kier molecular flexibility index (Phi) is 3.97. The number of nitrogens with zero attached hydrogens (tertiary/aromatic N) is 5. The van der Waals surface area contributed by atoms with Crippen molar-refractivity contribution in [2.45, 2.75) is 12.8 Å². The second-order valence-electron chi connectivity index (χ2n) is 5.00. The van der Waals surface area contributed by atoms with Crippen molar-refractivity contribution in [3.8, 4) is 6.07 Å². The van der Waals surface area contributed by atoms with E-state index in [4.69, 9.17) is 5.26 Å². The average molecular weight is 292 g/mol. The van der Waals surface area contributed by atoms with Crippen LogP contribution in [0.3, 0.4) is 0 Å². The van der Waals surface area contributed by atoms with Crippen LogP contribution in [0.4, 0.5) is 5.82 Å². The van der Waals surface area contributed by atoms with Gasteiger partial charge >= 0.3 is 0 Å². The zero-order valence-electron chi connectivity index (χ0n) is 12.3. The maximum atomic E-state index is 8.67. The van der Waals surface area contributed by atoms with Crippen LogP contribution in [0.1, 0.15) is 17.9 Å². The topological polar surface area (TPSA) is 79.4 Å². The lowest BCUT2D eigenvalue weighted by molar-refractivity contribution is 0.752. The molecule has 0 saturated carbocycles. The van der Waals surface area contributed by atoms with Crippen molar-refractivity contribution in [1.82, 2.24) is 19.5 Å². The van der Waals surface area contributed by atoms with Gasteiger partial charge in [-0.05, 0) is 18.6 Å². The van der Waals surface area contributed by atoms with Gasteiger partial charge in [-0.1, -0.05) is 12.1 Å². The number of aryl methyl sites for hydroxylation is 2. The van der Waals surface area contributed by atoms with Crippen LogP contribution in [0.5, 0.6) is 0 Å². The summed E-state index contributed by atoms with van der Waals surface area (Å²) in [4.78, 5) is 12.8. The second-order valence-corrected chi connectivity index (χ2v) is 5.00. The van der Waals surface area contributed by atoms with Crippen LogP contribution in [-0.4, -0.2) is 26.1 Å². The average Bonchev–Trinajstić information content (AvgIpc) is 2.89. The molecule has 0 fully saturated rings. The minimum Gasteiger partial charge on any atom is -0.369 e. The molecule has 0 amide bonds. The summed E-state index contributed by atoms with van der Waals surface area (Å²) >= 11 is 0. The van der Waals surface area contributed by atoms with E-state index < -0.39 is 0 Å². The van der Waals surface area contributed by atoms with Crippen molar-refractivity contribution in [3.63, 3.8) is 0 Å². The fraction of sp³-hybridized carbons (Fsp3) is 0.250. The van der Waals surface area contributed by atoms with Gasteiger partial charge in [-0.25, -0.2) is 15.0 Å². The summed E-state index contributed by atoms with van der Waals surface area (Å²) in [6.45, 7) is 0.782. The first-order chi connectivity index (χ1) is 10.8. The third-order valence-electron chi connectivity index (χ3n) is 3.53.